The first-order valence-electron chi connectivity index (χ1n) is 6.28. The number of nitrogens with zero attached hydrogens (tertiary/aromatic N) is 1. The van der Waals surface area contributed by atoms with Crippen LogP contribution in [0.4, 0.5) is 4.79 Å². The van der Waals surface area contributed by atoms with E-state index in [4.69, 9.17) is 0 Å². The summed E-state index contributed by atoms with van der Waals surface area (Å²) >= 11 is 2.09. The van der Waals surface area contributed by atoms with Crippen LogP contribution in [-0.4, -0.2) is 29.9 Å². The zero-order chi connectivity index (χ0) is 13.7. The van der Waals surface area contributed by atoms with Crippen molar-refractivity contribution in [2.24, 2.45) is 0 Å². The monoisotopic (exact) mass is 373 g/mol. The summed E-state index contributed by atoms with van der Waals surface area (Å²) in [4.78, 5) is 25.4. The molecule has 1 aromatic carbocycles. The number of likely N-dealkylation sites (tertiary alicyclic amines) is 1. The largest absolute Gasteiger partial charge is 0.336 e. The summed E-state index contributed by atoms with van der Waals surface area (Å²) < 4.78 is 0.852. The molecule has 0 bridgehead atoms. The second-order valence-electron chi connectivity index (χ2n) is 4.41. The van der Waals surface area contributed by atoms with Crippen molar-refractivity contribution in [3.05, 3.63) is 33.4 Å². The van der Waals surface area contributed by atoms with E-state index in [1.54, 1.807) is 17.0 Å². The molecule has 1 heterocycles. The molecule has 19 heavy (non-hydrogen) atoms. The molecule has 102 valence electrons. The number of benzene rings is 1. The maximum atomic E-state index is 11.9. The minimum atomic E-state index is -0.296. The Morgan fingerprint density at radius 2 is 1.74 bits per heavy atom. The van der Waals surface area contributed by atoms with Gasteiger partial charge in [0.2, 0.25) is 0 Å². The van der Waals surface area contributed by atoms with Gasteiger partial charge in [0.25, 0.3) is 5.91 Å². The first kappa shape index (κ1) is 14.1. The lowest BCUT2D eigenvalue weighted by molar-refractivity contribution is 0.0927. The van der Waals surface area contributed by atoms with E-state index in [1.807, 2.05) is 12.1 Å². The maximum Gasteiger partial charge on any atom is 0.336 e. The molecule has 1 fully saturated rings. The smallest absolute Gasteiger partial charge is 0.323 e. The fraction of sp³-hybridized carbons (Fsp3) is 0.385. The van der Waals surface area contributed by atoms with E-state index in [9.17, 15) is 9.59 Å². The number of hydrogen-bond donors (Lipinski definition) is 2. The molecule has 0 aliphatic carbocycles. The molecule has 0 atom stereocenters. The Kier molecular flexibility index (Phi) is 5.00. The van der Waals surface area contributed by atoms with E-state index in [-0.39, 0.29) is 11.9 Å². The summed E-state index contributed by atoms with van der Waals surface area (Å²) in [6.07, 6.45) is 3.22. The number of halogens is 1. The van der Waals surface area contributed by atoms with Gasteiger partial charge in [0.15, 0.2) is 0 Å². The third-order valence-corrected chi connectivity index (χ3v) is 3.99. The van der Waals surface area contributed by atoms with Crippen LogP contribution in [0.2, 0.25) is 0 Å². The normalized spacial score (nSPS) is 14.9. The summed E-state index contributed by atoms with van der Waals surface area (Å²) in [5.41, 5.74) is 5.47. The zero-order valence-corrected chi connectivity index (χ0v) is 12.6. The zero-order valence-electron chi connectivity index (χ0n) is 10.5. The molecule has 1 saturated heterocycles. The summed E-state index contributed by atoms with van der Waals surface area (Å²) in [5, 5.41) is 0. The van der Waals surface area contributed by atoms with E-state index in [0.29, 0.717) is 5.56 Å². The van der Waals surface area contributed by atoms with E-state index in [1.165, 1.54) is 6.42 Å². The number of rotatable bonds is 1. The Hall–Kier alpha value is -1.31. The lowest BCUT2D eigenvalue weighted by Crippen LogP contribution is -2.50. The highest BCUT2D eigenvalue weighted by atomic mass is 127. The topological polar surface area (TPSA) is 61.4 Å². The van der Waals surface area contributed by atoms with Crippen LogP contribution in [0, 0.1) is 3.57 Å². The van der Waals surface area contributed by atoms with Crippen molar-refractivity contribution < 1.29 is 9.59 Å². The second kappa shape index (κ2) is 6.74. The second-order valence-corrected chi connectivity index (χ2v) is 5.57. The van der Waals surface area contributed by atoms with Crippen molar-refractivity contribution in [1.82, 2.24) is 15.8 Å². The quantitative estimate of drug-likeness (QED) is 0.585. The van der Waals surface area contributed by atoms with Crippen LogP contribution < -0.4 is 10.9 Å². The molecular formula is C13H16IN3O2. The molecule has 1 aromatic rings. The Morgan fingerprint density at radius 3 is 2.42 bits per heavy atom. The molecule has 1 aliphatic heterocycles. The molecule has 6 heteroatoms. The molecule has 0 unspecified atom stereocenters. The SMILES string of the molecule is O=C(NNC(=O)N1CCCCC1)c1ccccc1I. The van der Waals surface area contributed by atoms with Crippen molar-refractivity contribution in [2.75, 3.05) is 13.1 Å². The van der Waals surface area contributed by atoms with Gasteiger partial charge in [0, 0.05) is 16.7 Å². The van der Waals surface area contributed by atoms with Gasteiger partial charge in [-0.1, -0.05) is 12.1 Å². The Morgan fingerprint density at radius 1 is 1.05 bits per heavy atom. The van der Waals surface area contributed by atoms with Crippen LogP contribution in [0.15, 0.2) is 24.3 Å². The van der Waals surface area contributed by atoms with Gasteiger partial charge in [-0.3, -0.25) is 10.2 Å². The van der Waals surface area contributed by atoms with Crippen LogP contribution in [0.1, 0.15) is 29.6 Å². The van der Waals surface area contributed by atoms with E-state index < -0.39 is 0 Å². The first-order chi connectivity index (χ1) is 9.18. The van der Waals surface area contributed by atoms with Crippen molar-refractivity contribution in [1.29, 1.82) is 0 Å². The average molecular weight is 373 g/mol. The number of urea groups is 1. The third-order valence-electron chi connectivity index (χ3n) is 3.04. The van der Waals surface area contributed by atoms with E-state index >= 15 is 0 Å². The Labute approximate surface area is 125 Å². The van der Waals surface area contributed by atoms with Gasteiger partial charge in [-0.25, -0.2) is 10.2 Å². The summed E-state index contributed by atoms with van der Waals surface area (Å²) in [5.74, 6) is -0.296. The summed E-state index contributed by atoms with van der Waals surface area (Å²) in [7, 11) is 0. The Bertz CT molecular complexity index is 473. The molecule has 1 aliphatic rings. The van der Waals surface area contributed by atoms with E-state index in [0.717, 1.165) is 29.5 Å². The predicted molar refractivity (Wildman–Crippen MR) is 80.6 cm³/mol. The standard InChI is InChI=1S/C13H16IN3O2/c14-11-7-3-2-6-10(11)12(18)15-16-13(19)17-8-4-1-5-9-17/h2-3,6-7H,1,4-5,8-9H2,(H,15,18)(H,16,19). The highest BCUT2D eigenvalue weighted by Crippen LogP contribution is 2.11. The molecule has 3 amide bonds. The molecular weight excluding hydrogens is 357 g/mol. The number of piperidine rings is 1. The lowest BCUT2D eigenvalue weighted by Gasteiger charge is -2.26. The number of hydrazine groups is 1. The molecule has 2 N–H and O–H groups in total. The van der Waals surface area contributed by atoms with Gasteiger partial charge >= 0.3 is 6.03 Å². The van der Waals surface area contributed by atoms with Gasteiger partial charge in [-0.2, -0.15) is 0 Å². The van der Waals surface area contributed by atoms with Gasteiger partial charge in [0.1, 0.15) is 0 Å². The predicted octanol–water partition coefficient (Wildman–Crippen LogP) is 2.13. The number of carbonyl (C=O) groups excluding carboxylic acids is 2. The number of nitrogens with one attached hydrogen (secondary N) is 2. The van der Waals surface area contributed by atoms with Crippen LogP contribution in [-0.2, 0) is 0 Å². The fourth-order valence-electron chi connectivity index (χ4n) is 2.00. The van der Waals surface area contributed by atoms with Gasteiger partial charge in [0.05, 0.1) is 5.56 Å². The molecule has 0 aromatic heterocycles. The Balaban J connectivity index is 1.86. The average Bonchev–Trinajstić information content (AvgIpc) is 2.46. The molecule has 2 rings (SSSR count). The number of amides is 3. The lowest BCUT2D eigenvalue weighted by atomic mass is 10.1. The van der Waals surface area contributed by atoms with Crippen molar-refractivity contribution in [3.8, 4) is 0 Å². The highest BCUT2D eigenvalue weighted by molar-refractivity contribution is 14.1. The van der Waals surface area contributed by atoms with Crippen molar-refractivity contribution >= 4 is 34.5 Å². The van der Waals surface area contributed by atoms with Gasteiger partial charge < -0.3 is 4.90 Å². The van der Waals surface area contributed by atoms with Gasteiger partial charge in [-0.15, -0.1) is 0 Å². The molecule has 0 saturated carbocycles. The van der Waals surface area contributed by atoms with Crippen molar-refractivity contribution in [2.45, 2.75) is 19.3 Å². The fourth-order valence-corrected chi connectivity index (χ4v) is 2.63. The van der Waals surface area contributed by atoms with Crippen molar-refractivity contribution in [3.63, 3.8) is 0 Å². The maximum absolute atomic E-state index is 11.9. The van der Waals surface area contributed by atoms with Crippen LogP contribution >= 0.6 is 22.6 Å². The number of hydrogen-bond acceptors (Lipinski definition) is 2. The van der Waals surface area contributed by atoms with E-state index in [2.05, 4.69) is 33.4 Å². The first-order valence-corrected chi connectivity index (χ1v) is 7.36. The summed E-state index contributed by atoms with van der Waals surface area (Å²) in [6, 6.07) is 7.00. The summed E-state index contributed by atoms with van der Waals surface area (Å²) in [6.45, 7) is 1.51. The van der Waals surface area contributed by atoms with Crippen LogP contribution in [0.5, 0.6) is 0 Å². The van der Waals surface area contributed by atoms with Gasteiger partial charge in [-0.05, 0) is 54.0 Å². The third kappa shape index (κ3) is 3.82. The minimum absolute atomic E-state index is 0.237. The molecule has 0 spiro atoms. The number of carbonyl (C=O) groups is 2. The highest BCUT2D eigenvalue weighted by Gasteiger charge is 2.17. The molecule has 0 radical (unpaired) electrons. The molecule has 5 nitrogen and oxygen atoms in total. The minimum Gasteiger partial charge on any atom is -0.323 e. The van der Waals surface area contributed by atoms with Crippen LogP contribution in [0.25, 0.3) is 0 Å². The van der Waals surface area contributed by atoms with Crippen LogP contribution in [0.3, 0.4) is 0 Å².